The summed E-state index contributed by atoms with van der Waals surface area (Å²) in [6.45, 7) is 7.31. The third-order valence-electron chi connectivity index (χ3n) is 6.36. The molecular formula is C28H31N3O2S. The second kappa shape index (κ2) is 11.3. The number of nitrogens with one attached hydrogen (secondary N) is 1. The zero-order chi connectivity index (χ0) is 23.9. The number of para-hydroxylation sites is 1. The molecule has 34 heavy (non-hydrogen) atoms. The van der Waals surface area contributed by atoms with Crippen molar-refractivity contribution in [2.75, 3.05) is 18.4 Å². The van der Waals surface area contributed by atoms with E-state index in [4.69, 9.17) is 0 Å². The highest BCUT2D eigenvalue weighted by Crippen LogP contribution is 2.32. The Morgan fingerprint density at radius 1 is 1.15 bits per heavy atom. The Labute approximate surface area is 205 Å². The number of hydrogen-bond donors (Lipinski definition) is 1. The van der Waals surface area contributed by atoms with Gasteiger partial charge in [0, 0.05) is 42.1 Å². The maximum atomic E-state index is 13.0. The van der Waals surface area contributed by atoms with Gasteiger partial charge in [0.2, 0.25) is 5.91 Å². The number of carbonyl (C=O) groups excluding carboxylic acids is 2. The van der Waals surface area contributed by atoms with Gasteiger partial charge in [0.05, 0.1) is 5.01 Å². The van der Waals surface area contributed by atoms with Gasteiger partial charge in [-0.2, -0.15) is 0 Å². The first-order valence-electron chi connectivity index (χ1n) is 11.9. The number of amides is 2. The van der Waals surface area contributed by atoms with Crippen molar-refractivity contribution >= 4 is 28.8 Å². The average Bonchev–Trinajstić information content (AvgIpc) is 3.38. The van der Waals surface area contributed by atoms with E-state index in [1.54, 1.807) is 6.08 Å². The Kier molecular flexibility index (Phi) is 7.91. The Morgan fingerprint density at radius 2 is 1.88 bits per heavy atom. The second-order valence-electron chi connectivity index (χ2n) is 8.60. The van der Waals surface area contributed by atoms with Gasteiger partial charge in [0.25, 0.3) is 5.91 Å². The first kappa shape index (κ1) is 23.9. The lowest BCUT2D eigenvalue weighted by Gasteiger charge is -2.31. The second-order valence-corrected chi connectivity index (χ2v) is 9.49. The van der Waals surface area contributed by atoms with Crippen LogP contribution in [0.3, 0.4) is 0 Å². The summed E-state index contributed by atoms with van der Waals surface area (Å²) in [6.07, 6.45) is 5.79. The van der Waals surface area contributed by atoms with Crippen LogP contribution in [-0.2, 0) is 11.2 Å². The lowest BCUT2D eigenvalue weighted by atomic mass is 9.97. The van der Waals surface area contributed by atoms with Gasteiger partial charge in [0.15, 0.2) is 0 Å². The molecule has 2 heterocycles. The number of likely N-dealkylation sites (tertiary alicyclic amines) is 1. The Morgan fingerprint density at radius 3 is 2.59 bits per heavy atom. The fraction of sp³-hybridized carbons (Fsp3) is 0.321. The van der Waals surface area contributed by atoms with Crippen LogP contribution in [-0.4, -0.2) is 34.8 Å². The molecule has 0 radical (unpaired) electrons. The smallest absolute Gasteiger partial charge is 0.275 e. The number of benzene rings is 2. The zero-order valence-corrected chi connectivity index (χ0v) is 20.4. The molecule has 1 N–H and O–H groups in total. The fourth-order valence-corrected chi connectivity index (χ4v) is 5.26. The normalized spacial score (nSPS) is 14.1. The minimum atomic E-state index is -0.197. The molecule has 1 saturated heterocycles. The van der Waals surface area contributed by atoms with E-state index in [1.807, 2.05) is 34.5 Å². The van der Waals surface area contributed by atoms with Crippen LogP contribution in [0.15, 0.2) is 66.6 Å². The van der Waals surface area contributed by atoms with Crippen molar-refractivity contribution in [3.05, 3.63) is 82.8 Å². The molecule has 0 saturated carbocycles. The number of rotatable bonds is 8. The molecule has 3 aromatic rings. The molecule has 1 aliphatic rings. The van der Waals surface area contributed by atoms with E-state index < -0.39 is 0 Å². The minimum Gasteiger partial charge on any atom is -0.343 e. The van der Waals surface area contributed by atoms with E-state index in [1.165, 1.54) is 16.9 Å². The number of anilines is 1. The highest BCUT2D eigenvalue weighted by atomic mass is 32.1. The van der Waals surface area contributed by atoms with E-state index in [2.05, 4.69) is 48.1 Å². The molecular weight excluding hydrogens is 442 g/mol. The summed E-state index contributed by atoms with van der Waals surface area (Å²) >= 11 is 1.53. The Balaban J connectivity index is 1.40. The maximum absolute atomic E-state index is 13.0. The number of aromatic nitrogens is 1. The summed E-state index contributed by atoms with van der Waals surface area (Å²) < 4.78 is 0. The van der Waals surface area contributed by atoms with Crippen LogP contribution >= 0.6 is 11.3 Å². The predicted octanol–water partition coefficient (Wildman–Crippen LogP) is 6.30. The molecule has 0 aliphatic carbocycles. The zero-order valence-electron chi connectivity index (χ0n) is 19.6. The third-order valence-corrected chi connectivity index (χ3v) is 7.37. The van der Waals surface area contributed by atoms with Gasteiger partial charge in [-0.15, -0.1) is 17.9 Å². The predicted molar refractivity (Wildman–Crippen MR) is 139 cm³/mol. The van der Waals surface area contributed by atoms with Gasteiger partial charge in [-0.3, -0.25) is 9.59 Å². The summed E-state index contributed by atoms with van der Waals surface area (Å²) in [4.78, 5) is 31.8. The Bertz CT molecular complexity index is 1140. The lowest BCUT2D eigenvalue weighted by Crippen LogP contribution is -2.37. The Hall–Kier alpha value is -3.25. The van der Waals surface area contributed by atoms with Gasteiger partial charge in [-0.1, -0.05) is 55.5 Å². The average molecular weight is 474 g/mol. The summed E-state index contributed by atoms with van der Waals surface area (Å²) in [7, 11) is 0. The van der Waals surface area contributed by atoms with Gasteiger partial charge < -0.3 is 10.2 Å². The first-order chi connectivity index (χ1) is 16.6. The summed E-state index contributed by atoms with van der Waals surface area (Å²) in [5.74, 6) is 0.289. The summed E-state index contributed by atoms with van der Waals surface area (Å²) in [5, 5.41) is 5.87. The van der Waals surface area contributed by atoms with Crippen molar-refractivity contribution in [1.29, 1.82) is 0 Å². The van der Waals surface area contributed by atoms with Crippen LogP contribution in [0.25, 0.3) is 11.1 Å². The van der Waals surface area contributed by atoms with Crippen LogP contribution in [0.2, 0.25) is 0 Å². The van der Waals surface area contributed by atoms with Gasteiger partial charge in [-0.05, 0) is 42.9 Å². The molecule has 5 nitrogen and oxygen atoms in total. The number of hydrogen-bond acceptors (Lipinski definition) is 4. The van der Waals surface area contributed by atoms with Crippen LogP contribution in [0.4, 0.5) is 5.69 Å². The molecule has 0 unspecified atom stereocenters. The van der Waals surface area contributed by atoms with Crippen LogP contribution in [0, 0.1) is 0 Å². The first-order valence-corrected chi connectivity index (χ1v) is 12.8. The fourth-order valence-electron chi connectivity index (χ4n) is 4.29. The van der Waals surface area contributed by atoms with E-state index in [0.717, 1.165) is 60.6 Å². The maximum Gasteiger partial charge on any atom is 0.275 e. The quantitative estimate of drug-likeness (QED) is 0.391. The number of aryl methyl sites for hydroxylation is 1. The van der Waals surface area contributed by atoms with Crippen LogP contribution in [0.5, 0.6) is 0 Å². The van der Waals surface area contributed by atoms with E-state index in [9.17, 15) is 9.59 Å². The van der Waals surface area contributed by atoms with Crippen molar-refractivity contribution in [1.82, 2.24) is 9.88 Å². The van der Waals surface area contributed by atoms with Crippen molar-refractivity contribution in [2.45, 2.75) is 44.9 Å². The molecule has 0 atom stereocenters. The summed E-state index contributed by atoms with van der Waals surface area (Å²) in [6, 6.07) is 16.3. The standard InChI is InChI=1S/C28H31N3O2S/c1-3-5-10-26(32)31-17-15-22(16-18-31)28-30-25(19-34-28)27(33)29-24-9-7-6-8-23(24)21-13-11-20(4-2)12-14-21/h3,6-9,11-14,19,22H,1,4-5,10,15-18H2,2H3,(H,29,33). The van der Waals surface area contributed by atoms with Gasteiger partial charge in [0.1, 0.15) is 5.69 Å². The van der Waals surface area contributed by atoms with E-state index >= 15 is 0 Å². The molecule has 6 heteroatoms. The molecule has 0 bridgehead atoms. The van der Waals surface area contributed by atoms with Crippen LogP contribution < -0.4 is 5.32 Å². The highest BCUT2D eigenvalue weighted by Gasteiger charge is 2.26. The molecule has 176 valence electrons. The number of piperidine rings is 1. The molecule has 4 rings (SSSR count). The van der Waals surface area contributed by atoms with Crippen molar-refractivity contribution in [3.8, 4) is 11.1 Å². The van der Waals surface area contributed by atoms with Crippen molar-refractivity contribution in [3.63, 3.8) is 0 Å². The number of allylic oxidation sites excluding steroid dienone is 1. The van der Waals surface area contributed by atoms with Gasteiger partial charge >= 0.3 is 0 Å². The summed E-state index contributed by atoms with van der Waals surface area (Å²) in [5.41, 5.74) is 4.56. The number of thiazole rings is 1. The van der Waals surface area contributed by atoms with E-state index in [-0.39, 0.29) is 11.8 Å². The van der Waals surface area contributed by atoms with Crippen molar-refractivity contribution < 1.29 is 9.59 Å². The largest absolute Gasteiger partial charge is 0.343 e. The lowest BCUT2D eigenvalue weighted by molar-refractivity contribution is -0.132. The minimum absolute atomic E-state index is 0.195. The SMILES string of the molecule is C=CCCC(=O)N1CCC(c2nc(C(=O)Nc3ccccc3-c3ccc(CC)cc3)cs2)CC1. The van der Waals surface area contributed by atoms with Gasteiger partial charge in [-0.25, -0.2) is 4.98 Å². The highest BCUT2D eigenvalue weighted by molar-refractivity contribution is 7.10. The molecule has 2 aromatic carbocycles. The number of nitrogens with zero attached hydrogens (tertiary/aromatic N) is 2. The molecule has 2 amide bonds. The molecule has 1 aromatic heterocycles. The van der Waals surface area contributed by atoms with E-state index in [0.29, 0.717) is 18.0 Å². The topological polar surface area (TPSA) is 62.3 Å². The molecule has 0 spiro atoms. The monoisotopic (exact) mass is 473 g/mol. The molecule has 1 aliphatic heterocycles. The van der Waals surface area contributed by atoms with Crippen molar-refractivity contribution in [2.24, 2.45) is 0 Å². The van der Waals surface area contributed by atoms with Crippen LogP contribution in [0.1, 0.15) is 59.6 Å². The number of carbonyl (C=O) groups is 2. The third kappa shape index (κ3) is 5.62. The molecule has 1 fully saturated rings.